The molecule has 186 valence electrons. The lowest BCUT2D eigenvalue weighted by atomic mass is 10.1. The topological polar surface area (TPSA) is 104 Å². The standard InChI is InChI=1S/C24H27N3O6S2/c1-24-9-8-21(28)27(24)20(16-34-24)23(30)33-15-22(29)25-10-12-26(13-11-25)35(31,32)19-7-6-17-4-2-3-5-18(17)14-19/h2-7,14,20H,8-13,15-16H2,1H3/t20-,24-/m0/s1. The van der Waals surface area contributed by atoms with Crippen molar-refractivity contribution in [2.75, 3.05) is 38.5 Å². The monoisotopic (exact) mass is 517 g/mol. The van der Waals surface area contributed by atoms with Crippen LogP contribution < -0.4 is 0 Å². The fourth-order valence-corrected chi connectivity index (χ4v) is 7.84. The normalized spacial score (nSPS) is 25.2. The second-order valence-electron chi connectivity index (χ2n) is 9.17. The van der Waals surface area contributed by atoms with Crippen molar-refractivity contribution in [3.05, 3.63) is 42.5 Å². The van der Waals surface area contributed by atoms with Gasteiger partial charge in [0.05, 0.1) is 9.77 Å². The van der Waals surface area contributed by atoms with Crippen LogP contribution in [-0.2, 0) is 29.1 Å². The van der Waals surface area contributed by atoms with Crippen molar-refractivity contribution in [3.8, 4) is 0 Å². The maximum atomic E-state index is 13.1. The van der Waals surface area contributed by atoms with Crippen LogP contribution in [0.3, 0.4) is 0 Å². The summed E-state index contributed by atoms with van der Waals surface area (Å²) in [7, 11) is -3.69. The Hall–Kier alpha value is -2.63. The lowest BCUT2D eigenvalue weighted by molar-refractivity contribution is -0.158. The highest BCUT2D eigenvalue weighted by Crippen LogP contribution is 2.47. The molecule has 3 fully saturated rings. The van der Waals surface area contributed by atoms with Crippen LogP contribution >= 0.6 is 11.8 Å². The van der Waals surface area contributed by atoms with E-state index in [2.05, 4.69) is 0 Å². The van der Waals surface area contributed by atoms with E-state index < -0.39 is 28.6 Å². The van der Waals surface area contributed by atoms with Crippen LogP contribution in [0, 0.1) is 0 Å². The van der Waals surface area contributed by atoms with Gasteiger partial charge in [0.2, 0.25) is 15.9 Å². The summed E-state index contributed by atoms with van der Waals surface area (Å²) in [6.07, 6.45) is 1.12. The molecule has 5 rings (SSSR count). The van der Waals surface area contributed by atoms with Crippen molar-refractivity contribution >= 4 is 50.3 Å². The molecule has 35 heavy (non-hydrogen) atoms. The van der Waals surface area contributed by atoms with Gasteiger partial charge in [-0.05, 0) is 36.2 Å². The lowest BCUT2D eigenvalue weighted by Gasteiger charge is -2.34. The lowest BCUT2D eigenvalue weighted by Crippen LogP contribution is -2.52. The molecule has 2 aromatic carbocycles. The van der Waals surface area contributed by atoms with Gasteiger partial charge in [-0.1, -0.05) is 30.3 Å². The van der Waals surface area contributed by atoms with Crippen molar-refractivity contribution in [1.29, 1.82) is 0 Å². The zero-order valence-electron chi connectivity index (χ0n) is 19.4. The van der Waals surface area contributed by atoms with Gasteiger partial charge in [0.25, 0.3) is 5.91 Å². The minimum Gasteiger partial charge on any atom is -0.454 e. The number of carbonyl (C=O) groups is 3. The molecule has 3 aliphatic rings. The molecule has 0 N–H and O–H groups in total. The minimum absolute atomic E-state index is 0.0606. The number of benzene rings is 2. The molecule has 0 aromatic heterocycles. The summed E-state index contributed by atoms with van der Waals surface area (Å²) in [4.78, 5) is 40.4. The van der Waals surface area contributed by atoms with E-state index in [0.29, 0.717) is 18.6 Å². The zero-order chi connectivity index (χ0) is 24.8. The Labute approximate surface area is 208 Å². The number of hydrogen-bond donors (Lipinski definition) is 0. The van der Waals surface area contributed by atoms with Gasteiger partial charge >= 0.3 is 5.97 Å². The van der Waals surface area contributed by atoms with Gasteiger partial charge in [0.1, 0.15) is 6.04 Å². The molecule has 0 radical (unpaired) electrons. The van der Waals surface area contributed by atoms with E-state index in [1.807, 2.05) is 31.2 Å². The van der Waals surface area contributed by atoms with Crippen LogP contribution in [0.5, 0.6) is 0 Å². The van der Waals surface area contributed by atoms with E-state index in [1.165, 1.54) is 9.21 Å². The molecule has 11 heteroatoms. The van der Waals surface area contributed by atoms with Gasteiger partial charge in [-0.3, -0.25) is 9.59 Å². The Bertz CT molecular complexity index is 1290. The van der Waals surface area contributed by atoms with Gasteiger partial charge in [-0.25, -0.2) is 13.2 Å². The predicted molar refractivity (Wildman–Crippen MR) is 131 cm³/mol. The van der Waals surface area contributed by atoms with Crippen LogP contribution in [0.1, 0.15) is 19.8 Å². The van der Waals surface area contributed by atoms with E-state index in [9.17, 15) is 22.8 Å². The first-order valence-corrected chi connectivity index (χ1v) is 14.0. The maximum absolute atomic E-state index is 13.1. The number of carbonyl (C=O) groups excluding carboxylic acids is 3. The summed E-state index contributed by atoms with van der Waals surface area (Å²) >= 11 is 1.57. The third kappa shape index (κ3) is 4.41. The third-order valence-corrected chi connectivity index (χ3v) is 10.4. The first kappa shape index (κ1) is 24.1. The average Bonchev–Trinajstić information content (AvgIpc) is 3.37. The average molecular weight is 518 g/mol. The summed E-state index contributed by atoms with van der Waals surface area (Å²) in [5.74, 6) is -0.542. The van der Waals surface area contributed by atoms with Crippen molar-refractivity contribution < 1.29 is 27.5 Å². The van der Waals surface area contributed by atoms with Crippen molar-refractivity contribution in [1.82, 2.24) is 14.1 Å². The molecule has 0 aliphatic carbocycles. The number of ether oxygens (including phenoxy) is 1. The van der Waals surface area contributed by atoms with Gasteiger partial charge in [-0.15, -0.1) is 11.8 Å². The maximum Gasteiger partial charge on any atom is 0.330 e. The van der Waals surface area contributed by atoms with E-state index in [1.54, 1.807) is 34.9 Å². The van der Waals surface area contributed by atoms with E-state index in [4.69, 9.17) is 4.74 Å². The first-order valence-electron chi connectivity index (χ1n) is 11.6. The van der Waals surface area contributed by atoms with Crippen molar-refractivity contribution in [2.24, 2.45) is 0 Å². The summed E-state index contributed by atoms with van der Waals surface area (Å²) in [5.41, 5.74) is 0. The molecule has 3 heterocycles. The molecule has 0 unspecified atom stereocenters. The van der Waals surface area contributed by atoms with Crippen LogP contribution in [-0.4, -0.2) is 89.8 Å². The molecule has 3 aliphatic heterocycles. The molecule has 0 bridgehead atoms. The smallest absolute Gasteiger partial charge is 0.330 e. The van der Waals surface area contributed by atoms with Crippen LogP contribution in [0.4, 0.5) is 0 Å². The van der Waals surface area contributed by atoms with Crippen molar-refractivity contribution in [3.63, 3.8) is 0 Å². The third-order valence-electron chi connectivity index (χ3n) is 7.00. The highest BCUT2D eigenvalue weighted by molar-refractivity contribution is 8.01. The number of nitrogens with zero attached hydrogens (tertiary/aromatic N) is 3. The number of piperazine rings is 1. The molecule has 9 nitrogen and oxygen atoms in total. The number of rotatable bonds is 5. The number of amides is 2. The first-order chi connectivity index (χ1) is 16.7. The second kappa shape index (κ2) is 9.11. The fraction of sp³-hybridized carbons (Fsp3) is 0.458. The minimum atomic E-state index is -3.69. The Kier molecular flexibility index (Phi) is 6.27. The number of esters is 1. The van der Waals surface area contributed by atoms with E-state index in [0.717, 1.165) is 10.8 Å². The Morgan fingerprint density at radius 2 is 1.80 bits per heavy atom. The van der Waals surface area contributed by atoms with Crippen LogP contribution in [0.15, 0.2) is 47.4 Å². The number of thioether (sulfide) groups is 1. The number of hydrogen-bond acceptors (Lipinski definition) is 7. The van der Waals surface area contributed by atoms with Gasteiger partial charge < -0.3 is 14.5 Å². The SMILES string of the molecule is C[C@]12CCC(=O)N1[C@H](C(=O)OCC(=O)N1CCN(S(=O)(=O)c3ccc4ccccc4c3)CC1)CS2. The van der Waals surface area contributed by atoms with Gasteiger partial charge in [-0.2, -0.15) is 4.31 Å². The molecular weight excluding hydrogens is 490 g/mol. The molecular formula is C24H27N3O6S2. The molecule has 2 atom stereocenters. The molecule has 2 aromatic rings. The summed E-state index contributed by atoms with van der Waals surface area (Å²) in [6.45, 7) is 2.28. The van der Waals surface area contributed by atoms with Crippen molar-refractivity contribution in [2.45, 2.75) is 35.6 Å². The Morgan fingerprint density at radius 3 is 2.54 bits per heavy atom. The number of sulfonamides is 1. The Morgan fingerprint density at radius 1 is 1.09 bits per heavy atom. The highest BCUT2D eigenvalue weighted by Gasteiger charge is 2.53. The predicted octanol–water partition coefficient (Wildman–Crippen LogP) is 1.67. The summed E-state index contributed by atoms with van der Waals surface area (Å²) < 4.78 is 32.9. The van der Waals surface area contributed by atoms with Gasteiger partial charge in [0.15, 0.2) is 6.61 Å². The number of fused-ring (bicyclic) bond motifs is 2. The highest BCUT2D eigenvalue weighted by atomic mass is 32.2. The fourth-order valence-electron chi connectivity index (χ4n) is 4.97. The molecule has 2 amide bonds. The largest absolute Gasteiger partial charge is 0.454 e. The quantitative estimate of drug-likeness (QED) is 0.556. The van der Waals surface area contributed by atoms with E-state index in [-0.39, 0.29) is 47.8 Å². The summed E-state index contributed by atoms with van der Waals surface area (Å²) in [6, 6.07) is 12.0. The molecule has 3 saturated heterocycles. The summed E-state index contributed by atoms with van der Waals surface area (Å²) in [5, 5.41) is 1.81. The van der Waals surface area contributed by atoms with Crippen LogP contribution in [0.2, 0.25) is 0 Å². The Balaban J connectivity index is 1.15. The molecule has 0 saturated carbocycles. The second-order valence-corrected chi connectivity index (χ2v) is 12.6. The van der Waals surface area contributed by atoms with Gasteiger partial charge in [0, 0.05) is 38.4 Å². The molecule has 0 spiro atoms. The zero-order valence-corrected chi connectivity index (χ0v) is 21.0. The van der Waals surface area contributed by atoms with Crippen LogP contribution in [0.25, 0.3) is 10.8 Å². The van der Waals surface area contributed by atoms with E-state index >= 15 is 0 Å².